The van der Waals surface area contributed by atoms with Crippen LogP contribution >= 0.6 is 0 Å². The monoisotopic (exact) mass is 375 g/mol. The van der Waals surface area contributed by atoms with Crippen LogP contribution in [0.15, 0.2) is 12.3 Å². The van der Waals surface area contributed by atoms with Crippen molar-refractivity contribution in [3.05, 3.63) is 18.0 Å². The van der Waals surface area contributed by atoms with Gasteiger partial charge in [-0.15, -0.1) is 0 Å². The molecular formula is C19H29N5O3. The summed E-state index contributed by atoms with van der Waals surface area (Å²) < 4.78 is 7.25. The number of piperidine rings is 2. The van der Waals surface area contributed by atoms with E-state index in [0.29, 0.717) is 44.6 Å². The van der Waals surface area contributed by atoms with E-state index in [4.69, 9.17) is 4.74 Å². The molecule has 2 atom stereocenters. The number of hydrogen-bond acceptors (Lipinski definition) is 5. The van der Waals surface area contributed by atoms with Crippen LogP contribution in [-0.2, 0) is 9.53 Å². The van der Waals surface area contributed by atoms with Crippen molar-refractivity contribution in [2.24, 2.45) is 0 Å². The summed E-state index contributed by atoms with van der Waals surface area (Å²) in [5, 5.41) is 7.93. The number of morpholine rings is 1. The number of hydrogen-bond donors (Lipinski definition) is 1. The average molecular weight is 375 g/mol. The lowest BCUT2D eigenvalue weighted by Crippen LogP contribution is -2.55. The zero-order valence-electron chi connectivity index (χ0n) is 15.8. The summed E-state index contributed by atoms with van der Waals surface area (Å²) in [7, 11) is 0. The second-order valence-electron chi connectivity index (χ2n) is 7.63. The van der Waals surface area contributed by atoms with Crippen LogP contribution in [0, 0.1) is 0 Å². The van der Waals surface area contributed by atoms with E-state index < -0.39 is 0 Å². The van der Waals surface area contributed by atoms with Crippen LogP contribution < -0.4 is 5.32 Å². The van der Waals surface area contributed by atoms with E-state index in [-0.39, 0.29) is 17.9 Å². The van der Waals surface area contributed by atoms with Gasteiger partial charge in [-0.2, -0.15) is 5.10 Å². The summed E-state index contributed by atoms with van der Waals surface area (Å²) in [5.74, 6) is -0.0638. The van der Waals surface area contributed by atoms with Crippen molar-refractivity contribution in [2.75, 3.05) is 45.9 Å². The van der Waals surface area contributed by atoms with E-state index in [1.165, 1.54) is 0 Å². The van der Waals surface area contributed by atoms with Crippen LogP contribution in [0.3, 0.4) is 0 Å². The van der Waals surface area contributed by atoms with E-state index >= 15 is 0 Å². The summed E-state index contributed by atoms with van der Waals surface area (Å²) in [6.45, 7) is 4.93. The van der Waals surface area contributed by atoms with Crippen LogP contribution in [0.1, 0.15) is 48.6 Å². The smallest absolute Gasteiger partial charge is 0.275 e. The Labute approximate surface area is 159 Å². The van der Waals surface area contributed by atoms with Crippen molar-refractivity contribution in [3.8, 4) is 0 Å². The lowest BCUT2D eigenvalue weighted by molar-refractivity contribution is -0.141. The fraction of sp³-hybridized carbons (Fsp3) is 0.737. The summed E-state index contributed by atoms with van der Waals surface area (Å²) in [4.78, 5) is 29.7. The van der Waals surface area contributed by atoms with Gasteiger partial charge in [-0.1, -0.05) is 0 Å². The number of aromatic nitrogens is 2. The van der Waals surface area contributed by atoms with Crippen molar-refractivity contribution in [1.82, 2.24) is 24.9 Å². The van der Waals surface area contributed by atoms with E-state index in [1.54, 1.807) is 11.0 Å². The first-order valence-electron chi connectivity index (χ1n) is 10.2. The molecule has 8 nitrogen and oxygen atoms in total. The molecule has 3 aliphatic heterocycles. The topological polar surface area (TPSA) is 79.7 Å². The Hall–Kier alpha value is -1.93. The van der Waals surface area contributed by atoms with Gasteiger partial charge in [-0.05, 0) is 44.7 Å². The van der Waals surface area contributed by atoms with E-state index in [0.717, 1.165) is 45.2 Å². The molecule has 0 bridgehead atoms. The maximum absolute atomic E-state index is 13.1. The number of ether oxygens (including phenoxy) is 1. The molecule has 0 spiro atoms. The maximum Gasteiger partial charge on any atom is 0.275 e. The highest BCUT2D eigenvalue weighted by molar-refractivity contribution is 5.96. The molecule has 0 saturated carbocycles. The Bertz CT molecular complexity index is 664. The number of carbonyl (C=O) groups excluding carboxylic acids is 2. The van der Waals surface area contributed by atoms with Crippen LogP contribution in [0.5, 0.6) is 0 Å². The largest absolute Gasteiger partial charge is 0.378 e. The third-order valence-corrected chi connectivity index (χ3v) is 5.84. The molecule has 4 rings (SSSR count). The maximum atomic E-state index is 13.1. The molecule has 2 unspecified atom stereocenters. The molecule has 2 amide bonds. The number of carbonyl (C=O) groups is 2. The molecule has 3 aliphatic rings. The average Bonchev–Trinajstić information content (AvgIpc) is 3.24. The highest BCUT2D eigenvalue weighted by atomic mass is 16.5. The number of rotatable bonds is 3. The fourth-order valence-corrected chi connectivity index (χ4v) is 4.29. The molecule has 0 radical (unpaired) electrons. The molecule has 27 heavy (non-hydrogen) atoms. The van der Waals surface area contributed by atoms with Gasteiger partial charge in [0.05, 0.1) is 19.3 Å². The van der Waals surface area contributed by atoms with Crippen LogP contribution in [-0.4, -0.2) is 83.4 Å². The quantitative estimate of drug-likeness (QED) is 0.840. The Morgan fingerprint density at radius 1 is 1.11 bits per heavy atom. The molecule has 0 aliphatic carbocycles. The molecule has 8 heteroatoms. The molecule has 148 valence electrons. The normalized spacial score (nSPS) is 26.8. The van der Waals surface area contributed by atoms with Crippen LogP contribution in [0.25, 0.3) is 0 Å². The zero-order chi connectivity index (χ0) is 18.6. The van der Waals surface area contributed by atoms with Gasteiger partial charge in [0, 0.05) is 32.4 Å². The second kappa shape index (κ2) is 8.39. The van der Waals surface area contributed by atoms with Gasteiger partial charge < -0.3 is 19.9 Å². The molecule has 0 aromatic carbocycles. The minimum absolute atomic E-state index is 0.0577. The van der Waals surface area contributed by atoms with Gasteiger partial charge in [0.25, 0.3) is 5.91 Å². The van der Waals surface area contributed by atoms with E-state index in [1.807, 2.05) is 15.8 Å². The predicted molar refractivity (Wildman–Crippen MR) is 99.4 cm³/mol. The third-order valence-electron chi connectivity index (χ3n) is 5.84. The Kier molecular flexibility index (Phi) is 5.73. The highest BCUT2D eigenvalue weighted by Crippen LogP contribution is 2.22. The van der Waals surface area contributed by atoms with Crippen molar-refractivity contribution in [3.63, 3.8) is 0 Å². The molecular weight excluding hydrogens is 346 g/mol. The number of likely N-dealkylation sites (tertiary alicyclic amines) is 1. The fourth-order valence-electron chi connectivity index (χ4n) is 4.29. The van der Waals surface area contributed by atoms with Gasteiger partial charge in [0.2, 0.25) is 5.91 Å². The first kappa shape index (κ1) is 18.4. The summed E-state index contributed by atoms with van der Waals surface area (Å²) in [5.41, 5.74) is 0.447. The Morgan fingerprint density at radius 3 is 2.74 bits per heavy atom. The third kappa shape index (κ3) is 4.01. The number of nitrogens with one attached hydrogen (secondary N) is 1. The summed E-state index contributed by atoms with van der Waals surface area (Å²) >= 11 is 0. The summed E-state index contributed by atoms with van der Waals surface area (Å²) in [6.07, 6.45) is 6.74. The second-order valence-corrected chi connectivity index (χ2v) is 7.63. The highest BCUT2D eigenvalue weighted by Gasteiger charge is 2.36. The van der Waals surface area contributed by atoms with E-state index in [9.17, 15) is 9.59 Å². The SMILES string of the molecule is O=C(C1CCCCN1C(=O)c1ccn(C2CCCNC2)n1)N1CCOCC1. The lowest BCUT2D eigenvalue weighted by Gasteiger charge is -2.38. The van der Waals surface area contributed by atoms with Gasteiger partial charge in [-0.25, -0.2) is 0 Å². The van der Waals surface area contributed by atoms with Crippen LogP contribution in [0.4, 0.5) is 0 Å². The first-order valence-corrected chi connectivity index (χ1v) is 10.2. The van der Waals surface area contributed by atoms with Gasteiger partial charge in [0.15, 0.2) is 0 Å². The minimum atomic E-state index is -0.370. The van der Waals surface area contributed by atoms with Crippen molar-refractivity contribution < 1.29 is 14.3 Å². The summed E-state index contributed by atoms with van der Waals surface area (Å²) in [6, 6.07) is 1.72. The van der Waals surface area contributed by atoms with E-state index in [2.05, 4.69) is 10.4 Å². The van der Waals surface area contributed by atoms with Gasteiger partial charge in [-0.3, -0.25) is 14.3 Å². The standard InChI is InChI=1S/C19H29N5O3/c25-18(16-6-9-24(21-16)15-4-3-7-20-14-15)23-8-2-1-5-17(23)19(26)22-10-12-27-13-11-22/h6,9,15,17,20H,1-5,7-8,10-14H2. The molecule has 3 saturated heterocycles. The lowest BCUT2D eigenvalue weighted by atomic mass is 10.00. The number of amides is 2. The predicted octanol–water partition coefficient (Wildman–Crippen LogP) is 0.661. The molecule has 3 fully saturated rings. The molecule has 4 heterocycles. The van der Waals surface area contributed by atoms with Gasteiger partial charge >= 0.3 is 0 Å². The molecule has 1 N–H and O–H groups in total. The minimum Gasteiger partial charge on any atom is -0.378 e. The van der Waals surface area contributed by atoms with Crippen molar-refractivity contribution >= 4 is 11.8 Å². The van der Waals surface area contributed by atoms with Gasteiger partial charge in [0.1, 0.15) is 11.7 Å². The Balaban J connectivity index is 1.47. The molecule has 1 aromatic heterocycles. The molecule has 1 aromatic rings. The van der Waals surface area contributed by atoms with Crippen LogP contribution in [0.2, 0.25) is 0 Å². The van der Waals surface area contributed by atoms with Crippen molar-refractivity contribution in [1.29, 1.82) is 0 Å². The number of nitrogens with zero attached hydrogens (tertiary/aromatic N) is 4. The first-order chi connectivity index (χ1) is 13.2. The zero-order valence-corrected chi connectivity index (χ0v) is 15.8. The Morgan fingerprint density at radius 2 is 1.96 bits per heavy atom. The van der Waals surface area contributed by atoms with Crippen molar-refractivity contribution in [2.45, 2.75) is 44.2 Å².